The maximum Gasteiger partial charge on any atom is 0.240 e. The second-order valence-electron chi connectivity index (χ2n) is 6.87. The molecular weight excluding hydrogens is 331 g/mol. The highest BCUT2D eigenvalue weighted by Gasteiger charge is 2.36. The number of sulfonamides is 1. The first-order valence-corrected chi connectivity index (χ1v) is 10.0. The summed E-state index contributed by atoms with van der Waals surface area (Å²) in [4.78, 5) is 2.53. The van der Waals surface area contributed by atoms with E-state index in [1.807, 2.05) is 0 Å². The van der Waals surface area contributed by atoms with Crippen LogP contribution >= 0.6 is 0 Å². The van der Waals surface area contributed by atoms with Crippen LogP contribution in [0.25, 0.3) is 0 Å². The average molecular weight is 356 g/mol. The van der Waals surface area contributed by atoms with Crippen LogP contribution in [0.4, 0.5) is 4.39 Å². The normalized spacial score (nSPS) is 21.9. The fraction of sp³-hybridized carbons (Fsp3) is 0.647. The Hall–Kier alpha value is -1.02. The van der Waals surface area contributed by atoms with E-state index in [2.05, 4.69) is 9.62 Å². The molecule has 2 heterocycles. The largest absolute Gasteiger partial charge is 0.381 e. The van der Waals surface area contributed by atoms with Crippen molar-refractivity contribution >= 4 is 10.0 Å². The van der Waals surface area contributed by atoms with Crippen LogP contribution in [-0.4, -0.2) is 52.7 Å². The topological polar surface area (TPSA) is 58.6 Å². The molecule has 3 rings (SSSR count). The lowest BCUT2D eigenvalue weighted by atomic mass is 9.80. The molecule has 0 radical (unpaired) electrons. The zero-order valence-corrected chi connectivity index (χ0v) is 14.7. The van der Waals surface area contributed by atoms with E-state index in [0.29, 0.717) is 19.8 Å². The number of likely N-dealkylation sites (tertiary alicyclic amines) is 1. The molecule has 2 fully saturated rings. The molecule has 1 aromatic carbocycles. The smallest absolute Gasteiger partial charge is 0.240 e. The lowest BCUT2D eigenvalue weighted by Crippen LogP contribution is -2.47. The maximum atomic E-state index is 13.0. The molecule has 0 unspecified atom stereocenters. The number of halogens is 1. The van der Waals surface area contributed by atoms with Gasteiger partial charge in [0.25, 0.3) is 0 Å². The molecular formula is C17H25FN2O3S. The minimum atomic E-state index is -3.62. The van der Waals surface area contributed by atoms with Crippen molar-refractivity contribution in [1.82, 2.24) is 9.62 Å². The molecule has 24 heavy (non-hydrogen) atoms. The lowest BCUT2D eigenvalue weighted by Gasteiger charge is -2.40. The molecule has 0 aliphatic carbocycles. The van der Waals surface area contributed by atoms with Crippen LogP contribution < -0.4 is 4.72 Å². The average Bonchev–Trinajstić information content (AvgIpc) is 3.07. The first-order chi connectivity index (χ1) is 11.5. The molecule has 1 aromatic rings. The second kappa shape index (κ2) is 7.47. The Labute approximate surface area is 143 Å². The van der Waals surface area contributed by atoms with Crippen LogP contribution in [0, 0.1) is 11.2 Å². The number of ether oxygens (including phenoxy) is 1. The van der Waals surface area contributed by atoms with Gasteiger partial charge in [0, 0.05) is 31.7 Å². The zero-order valence-electron chi connectivity index (χ0n) is 13.8. The summed E-state index contributed by atoms with van der Waals surface area (Å²) in [5, 5.41) is 0. The number of nitrogens with zero attached hydrogens (tertiary/aromatic N) is 1. The molecule has 1 N–H and O–H groups in total. The fourth-order valence-electron chi connectivity index (χ4n) is 3.56. The zero-order chi connectivity index (χ0) is 17.0. The van der Waals surface area contributed by atoms with Crippen molar-refractivity contribution in [3.05, 3.63) is 30.1 Å². The van der Waals surface area contributed by atoms with Gasteiger partial charge in [-0.1, -0.05) is 0 Å². The van der Waals surface area contributed by atoms with Crippen LogP contribution in [0.3, 0.4) is 0 Å². The third-order valence-corrected chi connectivity index (χ3v) is 6.49. The number of hydrogen-bond acceptors (Lipinski definition) is 4. The van der Waals surface area contributed by atoms with Gasteiger partial charge in [0.2, 0.25) is 10.0 Å². The van der Waals surface area contributed by atoms with E-state index in [-0.39, 0.29) is 10.3 Å². The molecule has 2 saturated heterocycles. The van der Waals surface area contributed by atoms with E-state index in [4.69, 9.17) is 4.74 Å². The predicted molar refractivity (Wildman–Crippen MR) is 89.7 cm³/mol. The Kier molecular flexibility index (Phi) is 5.54. The number of hydrogen-bond donors (Lipinski definition) is 1. The monoisotopic (exact) mass is 356 g/mol. The van der Waals surface area contributed by atoms with Gasteiger partial charge in [-0.05, 0) is 63.0 Å². The number of rotatable bonds is 6. The SMILES string of the molecule is O=S(=O)(NCC1(CN2CCCC2)CCOCC1)c1ccc(F)cc1. The first-order valence-electron chi connectivity index (χ1n) is 8.55. The predicted octanol–water partition coefficient (Wildman–Crippen LogP) is 2.00. The molecule has 0 atom stereocenters. The third kappa shape index (κ3) is 4.33. The summed E-state index contributed by atoms with van der Waals surface area (Å²) in [6, 6.07) is 4.94. The minimum Gasteiger partial charge on any atom is -0.381 e. The number of benzene rings is 1. The molecule has 0 saturated carbocycles. The van der Waals surface area contributed by atoms with E-state index >= 15 is 0 Å². The van der Waals surface area contributed by atoms with Gasteiger partial charge in [-0.25, -0.2) is 17.5 Å². The second-order valence-corrected chi connectivity index (χ2v) is 8.64. The molecule has 7 heteroatoms. The van der Waals surface area contributed by atoms with Crippen LogP contribution in [-0.2, 0) is 14.8 Å². The van der Waals surface area contributed by atoms with Gasteiger partial charge < -0.3 is 9.64 Å². The highest BCUT2D eigenvalue weighted by molar-refractivity contribution is 7.89. The van der Waals surface area contributed by atoms with Crippen molar-refractivity contribution in [2.24, 2.45) is 5.41 Å². The standard InChI is InChI=1S/C17H25FN2O3S/c18-15-3-5-16(6-4-15)24(21,22)19-13-17(7-11-23-12-8-17)14-20-9-1-2-10-20/h3-6,19H,1-2,7-14H2. The molecule has 0 bridgehead atoms. The van der Waals surface area contributed by atoms with Crippen LogP contribution in [0.2, 0.25) is 0 Å². The van der Waals surface area contributed by atoms with Crippen molar-refractivity contribution in [2.75, 3.05) is 39.4 Å². The van der Waals surface area contributed by atoms with Crippen LogP contribution in [0.1, 0.15) is 25.7 Å². The minimum absolute atomic E-state index is 0.0876. The number of nitrogens with one attached hydrogen (secondary N) is 1. The summed E-state index contributed by atoms with van der Waals surface area (Å²) >= 11 is 0. The van der Waals surface area contributed by atoms with E-state index in [9.17, 15) is 12.8 Å². The van der Waals surface area contributed by atoms with Gasteiger partial charge >= 0.3 is 0 Å². The van der Waals surface area contributed by atoms with E-state index in [1.165, 1.54) is 37.1 Å². The molecule has 0 spiro atoms. The van der Waals surface area contributed by atoms with Crippen LogP contribution in [0.15, 0.2) is 29.2 Å². The molecule has 0 amide bonds. The molecule has 2 aliphatic heterocycles. The Balaban J connectivity index is 1.69. The molecule has 0 aromatic heterocycles. The summed E-state index contributed by atoms with van der Waals surface area (Å²) < 4.78 is 46.2. The van der Waals surface area contributed by atoms with E-state index in [1.54, 1.807) is 0 Å². The Bertz CT molecular complexity index is 636. The van der Waals surface area contributed by atoms with Gasteiger partial charge in [0.1, 0.15) is 5.82 Å². The van der Waals surface area contributed by atoms with Gasteiger partial charge in [-0.3, -0.25) is 0 Å². The van der Waals surface area contributed by atoms with Crippen molar-refractivity contribution in [1.29, 1.82) is 0 Å². The molecule has 5 nitrogen and oxygen atoms in total. The highest BCUT2D eigenvalue weighted by atomic mass is 32.2. The van der Waals surface area contributed by atoms with Crippen molar-refractivity contribution in [2.45, 2.75) is 30.6 Å². The summed E-state index contributed by atoms with van der Waals surface area (Å²) in [5.74, 6) is -0.441. The van der Waals surface area contributed by atoms with Gasteiger partial charge in [0.15, 0.2) is 0 Å². The fourth-order valence-corrected chi connectivity index (χ4v) is 4.71. The van der Waals surface area contributed by atoms with Crippen LogP contribution in [0.5, 0.6) is 0 Å². The van der Waals surface area contributed by atoms with Gasteiger partial charge in [0.05, 0.1) is 4.90 Å². The maximum absolute atomic E-state index is 13.0. The van der Waals surface area contributed by atoms with Crippen molar-refractivity contribution < 1.29 is 17.5 Å². The summed E-state index contributed by atoms with van der Waals surface area (Å²) in [6.45, 7) is 4.83. The summed E-state index contributed by atoms with van der Waals surface area (Å²) in [7, 11) is -3.62. The van der Waals surface area contributed by atoms with Crippen molar-refractivity contribution in [3.8, 4) is 0 Å². The lowest BCUT2D eigenvalue weighted by molar-refractivity contribution is 0.00157. The third-order valence-electron chi connectivity index (χ3n) is 5.07. The summed E-state index contributed by atoms with van der Waals surface area (Å²) in [6.07, 6.45) is 4.15. The quantitative estimate of drug-likeness (QED) is 0.847. The van der Waals surface area contributed by atoms with Crippen molar-refractivity contribution in [3.63, 3.8) is 0 Å². The van der Waals surface area contributed by atoms with Gasteiger partial charge in [-0.15, -0.1) is 0 Å². The first kappa shape index (κ1) is 17.8. The molecule has 134 valence electrons. The highest BCUT2D eigenvalue weighted by Crippen LogP contribution is 2.32. The van der Waals surface area contributed by atoms with E-state index < -0.39 is 15.8 Å². The summed E-state index contributed by atoms with van der Waals surface area (Å²) in [5.41, 5.74) is -0.0876. The Morgan fingerprint density at radius 2 is 1.75 bits per heavy atom. The van der Waals surface area contributed by atoms with Gasteiger partial charge in [-0.2, -0.15) is 0 Å². The molecule has 2 aliphatic rings. The Morgan fingerprint density at radius 3 is 2.38 bits per heavy atom. The Morgan fingerprint density at radius 1 is 1.12 bits per heavy atom. The van der Waals surface area contributed by atoms with E-state index in [0.717, 1.165) is 32.5 Å².